The van der Waals surface area contributed by atoms with Crippen molar-refractivity contribution in [3.63, 3.8) is 0 Å². The van der Waals surface area contributed by atoms with Crippen molar-refractivity contribution >= 4 is 11.6 Å². The first-order chi connectivity index (χ1) is 12.9. The average Bonchev–Trinajstić information content (AvgIpc) is 3.35. The zero-order chi connectivity index (χ0) is 19.3. The zero-order valence-electron chi connectivity index (χ0n) is 16.2. The largest absolute Gasteiger partial charge is 0.466 e. The molecule has 0 saturated carbocycles. The van der Waals surface area contributed by atoms with Gasteiger partial charge in [-0.15, -0.1) is 0 Å². The highest BCUT2D eigenvalue weighted by molar-refractivity contribution is 5.93. The van der Waals surface area contributed by atoms with Crippen LogP contribution in [0.4, 0.5) is 0 Å². The normalized spacial score (nSPS) is 17.2. The van der Waals surface area contributed by atoms with Crippen LogP contribution < -0.4 is 5.56 Å². The van der Waals surface area contributed by atoms with Crippen molar-refractivity contribution in [3.8, 4) is 11.3 Å². The van der Waals surface area contributed by atoms with Gasteiger partial charge in [-0.2, -0.15) is 0 Å². The second-order valence-electron chi connectivity index (χ2n) is 7.27. The first kappa shape index (κ1) is 17.6. The first-order valence-electron chi connectivity index (χ1n) is 9.37. The third kappa shape index (κ3) is 2.78. The second-order valence-corrected chi connectivity index (χ2v) is 7.27. The average molecular weight is 368 g/mol. The monoisotopic (exact) mass is 368 g/mol. The standard InChI is InChI=1S/C20H24N4O3/c1-5-14-7-6-8-24(14)19(25)16-10-23-11-17(15-9-12(2)27-13(15)3)22(4)20(26)18(23)21-16/h9-11,14H,5-8H2,1-4H3. The minimum atomic E-state index is -0.238. The first-order valence-corrected chi connectivity index (χ1v) is 9.37. The summed E-state index contributed by atoms with van der Waals surface area (Å²) in [7, 11) is 1.71. The fourth-order valence-electron chi connectivity index (χ4n) is 4.04. The van der Waals surface area contributed by atoms with Gasteiger partial charge in [0.05, 0.1) is 5.69 Å². The second kappa shape index (κ2) is 6.40. The molecule has 4 rings (SSSR count). The third-order valence-electron chi connectivity index (χ3n) is 5.50. The summed E-state index contributed by atoms with van der Waals surface area (Å²) in [6.07, 6.45) is 6.47. The van der Waals surface area contributed by atoms with Crippen LogP contribution in [0.3, 0.4) is 0 Å². The van der Waals surface area contributed by atoms with Crippen LogP contribution in [0, 0.1) is 13.8 Å². The Morgan fingerprint density at radius 3 is 2.78 bits per heavy atom. The number of furan rings is 1. The number of likely N-dealkylation sites (tertiary alicyclic amines) is 1. The van der Waals surface area contributed by atoms with Gasteiger partial charge in [0.25, 0.3) is 11.5 Å². The highest BCUT2D eigenvalue weighted by Gasteiger charge is 2.29. The van der Waals surface area contributed by atoms with Gasteiger partial charge in [-0.25, -0.2) is 4.98 Å². The Labute approximate surface area is 157 Å². The van der Waals surface area contributed by atoms with Crippen molar-refractivity contribution in [1.82, 2.24) is 18.9 Å². The number of hydrogen-bond acceptors (Lipinski definition) is 4. The molecule has 0 spiro atoms. The van der Waals surface area contributed by atoms with Gasteiger partial charge in [0.1, 0.15) is 17.2 Å². The summed E-state index contributed by atoms with van der Waals surface area (Å²) >= 11 is 0. The van der Waals surface area contributed by atoms with Gasteiger partial charge in [-0.3, -0.25) is 14.0 Å². The van der Waals surface area contributed by atoms with Crippen LogP contribution in [0.1, 0.15) is 48.2 Å². The van der Waals surface area contributed by atoms with Crippen LogP contribution in [-0.4, -0.2) is 37.3 Å². The summed E-state index contributed by atoms with van der Waals surface area (Å²) in [5, 5.41) is 0. The molecule has 0 aromatic carbocycles. The Kier molecular flexibility index (Phi) is 4.17. The highest BCUT2D eigenvalue weighted by Crippen LogP contribution is 2.26. The van der Waals surface area contributed by atoms with Gasteiger partial charge in [0.2, 0.25) is 5.65 Å². The van der Waals surface area contributed by atoms with E-state index in [4.69, 9.17) is 4.42 Å². The van der Waals surface area contributed by atoms with E-state index in [1.54, 1.807) is 22.2 Å². The van der Waals surface area contributed by atoms with Crippen molar-refractivity contribution in [2.75, 3.05) is 6.54 Å². The number of carbonyl (C=O) groups excluding carboxylic acids is 1. The van der Waals surface area contributed by atoms with E-state index in [-0.39, 0.29) is 23.2 Å². The molecule has 0 aliphatic carbocycles. The molecule has 0 bridgehead atoms. The maximum atomic E-state index is 12.9. The van der Waals surface area contributed by atoms with Crippen LogP contribution in [-0.2, 0) is 7.05 Å². The number of hydrogen-bond donors (Lipinski definition) is 0. The Balaban J connectivity index is 1.81. The fraction of sp³-hybridized carbons (Fsp3) is 0.450. The maximum absolute atomic E-state index is 12.9. The lowest BCUT2D eigenvalue weighted by Gasteiger charge is -2.22. The van der Waals surface area contributed by atoms with E-state index < -0.39 is 0 Å². The zero-order valence-corrected chi connectivity index (χ0v) is 16.2. The summed E-state index contributed by atoms with van der Waals surface area (Å²) < 4.78 is 8.82. The minimum Gasteiger partial charge on any atom is -0.466 e. The Hall–Kier alpha value is -2.83. The number of nitrogens with zero attached hydrogens (tertiary/aromatic N) is 4. The number of fused-ring (bicyclic) bond motifs is 1. The predicted molar refractivity (Wildman–Crippen MR) is 102 cm³/mol. The highest BCUT2D eigenvalue weighted by atomic mass is 16.3. The molecule has 0 N–H and O–H groups in total. The molecule has 0 radical (unpaired) electrons. The van der Waals surface area contributed by atoms with E-state index in [1.807, 2.05) is 31.0 Å². The van der Waals surface area contributed by atoms with Crippen LogP contribution in [0.25, 0.3) is 16.9 Å². The van der Waals surface area contributed by atoms with Gasteiger partial charge in [0, 0.05) is 37.6 Å². The predicted octanol–water partition coefficient (Wildman–Crippen LogP) is 2.92. The number of amides is 1. The molecule has 3 aromatic heterocycles. The quantitative estimate of drug-likeness (QED) is 0.712. The third-order valence-corrected chi connectivity index (χ3v) is 5.50. The summed E-state index contributed by atoms with van der Waals surface area (Å²) in [6.45, 7) is 6.60. The molecule has 1 saturated heterocycles. The minimum absolute atomic E-state index is 0.0954. The van der Waals surface area contributed by atoms with Gasteiger partial charge in [-0.05, 0) is 39.2 Å². The van der Waals surface area contributed by atoms with E-state index in [1.165, 1.54) is 0 Å². The van der Waals surface area contributed by atoms with E-state index >= 15 is 0 Å². The van der Waals surface area contributed by atoms with Crippen LogP contribution in [0.5, 0.6) is 0 Å². The molecular formula is C20H24N4O3. The van der Waals surface area contributed by atoms with Crippen molar-refractivity contribution < 1.29 is 9.21 Å². The van der Waals surface area contributed by atoms with Gasteiger partial charge in [0.15, 0.2) is 0 Å². The topological polar surface area (TPSA) is 72.8 Å². The molecule has 7 nitrogen and oxygen atoms in total. The SMILES string of the molecule is CCC1CCCN1C(=O)c1cn2cc(-c3cc(C)oc3C)n(C)c(=O)c2n1. The molecule has 1 amide bonds. The molecule has 7 heteroatoms. The number of rotatable bonds is 3. The molecular weight excluding hydrogens is 344 g/mol. The molecule has 1 fully saturated rings. The van der Waals surface area contributed by atoms with E-state index in [0.717, 1.165) is 48.6 Å². The van der Waals surface area contributed by atoms with Gasteiger partial charge < -0.3 is 13.9 Å². The van der Waals surface area contributed by atoms with E-state index in [2.05, 4.69) is 11.9 Å². The molecule has 27 heavy (non-hydrogen) atoms. The van der Waals surface area contributed by atoms with Crippen molar-refractivity contribution in [3.05, 3.63) is 46.0 Å². The summed E-state index contributed by atoms with van der Waals surface area (Å²) in [4.78, 5) is 32.0. The molecule has 1 aliphatic heterocycles. The Morgan fingerprint density at radius 1 is 1.33 bits per heavy atom. The molecule has 4 heterocycles. The Morgan fingerprint density at radius 2 is 2.11 bits per heavy atom. The fourth-order valence-corrected chi connectivity index (χ4v) is 4.04. The van der Waals surface area contributed by atoms with Crippen molar-refractivity contribution in [2.24, 2.45) is 7.05 Å². The van der Waals surface area contributed by atoms with Gasteiger partial charge >= 0.3 is 0 Å². The smallest absolute Gasteiger partial charge is 0.294 e. The molecule has 142 valence electrons. The molecule has 3 aromatic rings. The van der Waals surface area contributed by atoms with Crippen LogP contribution in [0.2, 0.25) is 0 Å². The van der Waals surface area contributed by atoms with E-state index in [9.17, 15) is 9.59 Å². The Bertz CT molecular complexity index is 1090. The molecule has 1 unspecified atom stereocenters. The lowest BCUT2D eigenvalue weighted by Crippen LogP contribution is -2.35. The number of imidazole rings is 1. The summed E-state index contributed by atoms with van der Waals surface area (Å²) in [6, 6.07) is 2.17. The van der Waals surface area contributed by atoms with Crippen LogP contribution >= 0.6 is 0 Å². The number of carbonyl (C=O) groups is 1. The lowest BCUT2D eigenvalue weighted by atomic mass is 10.1. The maximum Gasteiger partial charge on any atom is 0.294 e. The van der Waals surface area contributed by atoms with Crippen molar-refractivity contribution in [1.29, 1.82) is 0 Å². The summed E-state index contributed by atoms with van der Waals surface area (Å²) in [5.74, 6) is 1.44. The lowest BCUT2D eigenvalue weighted by molar-refractivity contribution is 0.0728. The molecule has 1 aliphatic rings. The number of aryl methyl sites for hydroxylation is 2. The number of aromatic nitrogens is 3. The summed E-state index contributed by atoms with van der Waals surface area (Å²) in [5.41, 5.74) is 1.93. The van der Waals surface area contributed by atoms with Crippen LogP contribution in [0.15, 0.2) is 27.7 Å². The molecule has 1 atom stereocenters. The van der Waals surface area contributed by atoms with Gasteiger partial charge in [-0.1, -0.05) is 6.92 Å². The van der Waals surface area contributed by atoms with E-state index in [0.29, 0.717) is 5.69 Å². The van der Waals surface area contributed by atoms with Crippen molar-refractivity contribution in [2.45, 2.75) is 46.1 Å².